The number of aryl methyl sites for hydroxylation is 1. The van der Waals surface area contributed by atoms with Crippen LogP contribution in [0.25, 0.3) is 11.5 Å². The summed E-state index contributed by atoms with van der Waals surface area (Å²) in [5, 5.41) is 3.48. The van der Waals surface area contributed by atoms with Crippen molar-refractivity contribution in [1.29, 1.82) is 0 Å². The summed E-state index contributed by atoms with van der Waals surface area (Å²) in [6.07, 6.45) is 3.65. The molecule has 2 heterocycles. The first-order valence-corrected chi connectivity index (χ1v) is 10.8. The van der Waals surface area contributed by atoms with Gasteiger partial charge in [-0.3, -0.25) is 4.99 Å². The summed E-state index contributed by atoms with van der Waals surface area (Å²) in [5.41, 5.74) is 4.52. The molecule has 0 saturated carbocycles. The van der Waals surface area contributed by atoms with E-state index >= 15 is 0 Å². The van der Waals surface area contributed by atoms with Crippen molar-refractivity contribution in [3.63, 3.8) is 0 Å². The minimum atomic E-state index is 0. The zero-order valence-electron chi connectivity index (χ0n) is 18.9. The summed E-state index contributed by atoms with van der Waals surface area (Å²) >= 11 is 0. The highest BCUT2D eigenvalue weighted by Gasteiger charge is 2.26. The number of nitrogens with one attached hydrogen (secondary N) is 1. The molecule has 3 aromatic rings. The molecule has 4 rings (SSSR count). The minimum absolute atomic E-state index is 0. The average Bonchev–Trinajstić information content (AvgIpc) is 3.48. The van der Waals surface area contributed by atoms with E-state index in [2.05, 4.69) is 51.4 Å². The Morgan fingerprint density at radius 1 is 1.19 bits per heavy atom. The predicted octanol–water partition coefficient (Wildman–Crippen LogP) is 4.88. The SMILES string of the molecule is CN=C(NCCc1coc(-c2ccc(C)cc2)n1)N1CCC(c2ccc(OC)cc2)C1.I. The van der Waals surface area contributed by atoms with Crippen LogP contribution in [-0.4, -0.2) is 49.6 Å². The van der Waals surface area contributed by atoms with E-state index in [1.54, 1.807) is 13.4 Å². The number of halogens is 1. The first-order chi connectivity index (χ1) is 15.2. The number of methoxy groups -OCH3 is 1. The third-order valence-electron chi connectivity index (χ3n) is 5.80. The van der Waals surface area contributed by atoms with E-state index in [0.29, 0.717) is 11.8 Å². The maximum Gasteiger partial charge on any atom is 0.226 e. The Morgan fingerprint density at radius 2 is 1.94 bits per heavy atom. The average molecular weight is 546 g/mol. The fraction of sp³-hybridized carbons (Fsp3) is 0.360. The van der Waals surface area contributed by atoms with Gasteiger partial charge < -0.3 is 19.4 Å². The Labute approximate surface area is 207 Å². The summed E-state index contributed by atoms with van der Waals surface area (Å²) in [6.45, 7) is 4.80. The number of nitrogens with zero attached hydrogens (tertiary/aromatic N) is 3. The number of guanidine groups is 1. The van der Waals surface area contributed by atoms with Crippen molar-refractivity contribution >= 4 is 29.9 Å². The second-order valence-electron chi connectivity index (χ2n) is 7.94. The first-order valence-electron chi connectivity index (χ1n) is 10.8. The van der Waals surface area contributed by atoms with Crippen LogP contribution >= 0.6 is 24.0 Å². The van der Waals surface area contributed by atoms with Crippen LogP contribution < -0.4 is 10.1 Å². The van der Waals surface area contributed by atoms with Crippen LogP contribution in [0.1, 0.15) is 29.2 Å². The molecule has 7 heteroatoms. The van der Waals surface area contributed by atoms with Gasteiger partial charge in [-0.2, -0.15) is 0 Å². The van der Waals surface area contributed by atoms with Crippen molar-refractivity contribution < 1.29 is 9.15 Å². The van der Waals surface area contributed by atoms with Crippen molar-refractivity contribution in [3.05, 3.63) is 71.6 Å². The van der Waals surface area contributed by atoms with Crippen LogP contribution in [-0.2, 0) is 6.42 Å². The summed E-state index contributed by atoms with van der Waals surface area (Å²) in [4.78, 5) is 11.4. The third kappa shape index (κ3) is 5.82. The molecule has 0 bridgehead atoms. The molecule has 6 nitrogen and oxygen atoms in total. The Bertz CT molecular complexity index is 1020. The highest BCUT2D eigenvalue weighted by Crippen LogP contribution is 2.28. The smallest absolute Gasteiger partial charge is 0.226 e. The lowest BCUT2D eigenvalue weighted by Crippen LogP contribution is -2.40. The predicted molar refractivity (Wildman–Crippen MR) is 139 cm³/mol. The van der Waals surface area contributed by atoms with Gasteiger partial charge in [-0.05, 0) is 43.2 Å². The minimum Gasteiger partial charge on any atom is -0.497 e. The van der Waals surface area contributed by atoms with Crippen LogP contribution in [0.2, 0.25) is 0 Å². The Kier molecular flexibility index (Phi) is 8.55. The van der Waals surface area contributed by atoms with Crippen LogP contribution in [0.5, 0.6) is 5.75 Å². The van der Waals surface area contributed by atoms with Gasteiger partial charge in [-0.1, -0.05) is 29.8 Å². The van der Waals surface area contributed by atoms with Gasteiger partial charge in [-0.15, -0.1) is 24.0 Å². The van der Waals surface area contributed by atoms with Gasteiger partial charge in [0.2, 0.25) is 5.89 Å². The first kappa shape index (κ1) is 24.1. The Balaban J connectivity index is 0.00000289. The van der Waals surface area contributed by atoms with Gasteiger partial charge in [0.15, 0.2) is 5.96 Å². The number of rotatable bonds is 6. The Morgan fingerprint density at radius 3 is 2.62 bits per heavy atom. The van der Waals surface area contributed by atoms with Crippen LogP contribution in [0.15, 0.2) is 64.2 Å². The Hall–Kier alpha value is -2.55. The molecule has 1 aliphatic heterocycles. The molecule has 170 valence electrons. The molecule has 1 unspecified atom stereocenters. The third-order valence-corrected chi connectivity index (χ3v) is 5.80. The molecule has 0 aliphatic carbocycles. The molecule has 2 aromatic carbocycles. The van der Waals surface area contributed by atoms with Crippen LogP contribution in [0.4, 0.5) is 0 Å². The molecule has 0 amide bonds. The maximum absolute atomic E-state index is 5.67. The summed E-state index contributed by atoms with van der Waals surface area (Å²) in [7, 11) is 3.54. The van der Waals surface area contributed by atoms with Crippen LogP contribution in [0.3, 0.4) is 0 Å². The molecule has 1 atom stereocenters. The number of hydrogen-bond donors (Lipinski definition) is 1. The van der Waals surface area contributed by atoms with E-state index in [0.717, 1.165) is 55.4 Å². The number of oxazole rings is 1. The summed E-state index contributed by atoms with van der Waals surface area (Å²) < 4.78 is 10.9. The van der Waals surface area contributed by atoms with Crippen molar-refractivity contribution in [3.8, 4) is 17.2 Å². The summed E-state index contributed by atoms with van der Waals surface area (Å²) in [5.74, 6) is 3.02. The van der Waals surface area contributed by atoms with Gasteiger partial charge in [0.25, 0.3) is 0 Å². The van der Waals surface area contributed by atoms with Crippen molar-refractivity contribution in [2.45, 2.75) is 25.7 Å². The number of likely N-dealkylation sites (tertiary alicyclic amines) is 1. The summed E-state index contributed by atoms with van der Waals surface area (Å²) in [6, 6.07) is 16.6. The fourth-order valence-corrected chi connectivity index (χ4v) is 3.99. The van der Waals surface area contributed by atoms with Crippen molar-refractivity contribution in [1.82, 2.24) is 15.2 Å². The molecule has 1 saturated heterocycles. The topological polar surface area (TPSA) is 62.9 Å². The number of aliphatic imine (C=N–C) groups is 1. The van der Waals surface area contributed by atoms with Gasteiger partial charge in [0, 0.05) is 44.6 Å². The number of benzene rings is 2. The molecule has 1 aliphatic rings. The lowest BCUT2D eigenvalue weighted by atomic mass is 9.98. The highest BCUT2D eigenvalue weighted by atomic mass is 127. The lowest BCUT2D eigenvalue weighted by molar-refractivity contribution is 0.414. The van der Waals surface area contributed by atoms with E-state index in [1.807, 2.05) is 31.3 Å². The van der Waals surface area contributed by atoms with Gasteiger partial charge in [0.1, 0.15) is 12.0 Å². The molecule has 32 heavy (non-hydrogen) atoms. The quantitative estimate of drug-likeness (QED) is 0.271. The zero-order chi connectivity index (χ0) is 21.6. The molecule has 1 N–H and O–H groups in total. The monoisotopic (exact) mass is 546 g/mol. The van der Waals surface area contributed by atoms with Gasteiger partial charge in [-0.25, -0.2) is 4.98 Å². The molecule has 0 radical (unpaired) electrons. The number of ether oxygens (including phenoxy) is 1. The zero-order valence-corrected chi connectivity index (χ0v) is 21.2. The normalized spacial score (nSPS) is 16.0. The molecular formula is C25H31IN4O2. The van der Waals surface area contributed by atoms with Gasteiger partial charge in [0.05, 0.1) is 12.8 Å². The van der Waals surface area contributed by atoms with Crippen LogP contribution in [0, 0.1) is 6.92 Å². The molecular weight excluding hydrogens is 515 g/mol. The van der Waals surface area contributed by atoms with Gasteiger partial charge >= 0.3 is 0 Å². The lowest BCUT2D eigenvalue weighted by Gasteiger charge is -2.21. The van der Waals surface area contributed by atoms with E-state index in [4.69, 9.17) is 9.15 Å². The number of hydrogen-bond acceptors (Lipinski definition) is 4. The second-order valence-corrected chi connectivity index (χ2v) is 7.94. The van der Waals surface area contributed by atoms with E-state index < -0.39 is 0 Å². The van der Waals surface area contributed by atoms with E-state index in [9.17, 15) is 0 Å². The molecule has 1 aromatic heterocycles. The largest absolute Gasteiger partial charge is 0.497 e. The van der Waals surface area contributed by atoms with E-state index in [1.165, 1.54) is 11.1 Å². The maximum atomic E-state index is 5.67. The second kappa shape index (κ2) is 11.4. The highest BCUT2D eigenvalue weighted by molar-refractivity contribution is 14.0. The fourth-order valence-electron chi connectivity index (χ4n) is 3.99. The standard InChI is InChI=1S/C25H30N4O2.HI/c1-18-4-6-20(7-5-18)24-28-22(17-31-24)12-14-27-25(26-2)29-15-13-21(16-29)19-8-10-23(30-3)11-9-19;/h4-11,17,21H,12-16H2,1-3H3,(H,26,27);1H. The number of aromatic nitrogens is 1. The molecule has 0 spiro atoms. The van der Waals surface area contributed by atoms with Crippen molar-refractivity contribution in [2.24, 2.45) is 4.99 Å². The van der Waals surface area contributed by atoms with E-state index in [-0.39, 0.29) is 24.0 Å². The van der Waals surface area contributed by atoms with Crippen molar-refractivity contribution in [2.75, 3.05) is 33.8 Å². The molecule has 1 fully saturated rings.